The highest BCUT2D eigenvalue weighted by molar-refractivity contribution is 4.84. The van der Waals surface area contributed by atoms with Crippen molar-refractivity contribution in [3.8, 4) is 0 Å². The Bertz CT molecular complexity index is 505. The lowest BCUT2D eigenvalue weighted by molar-refractivity contribution is -0.678. The molecule has 1 aromatic heterocycles. The first-order chi connectivity index (χ1) is 15.8. The highest BCUT2D eigenvalue weighted by atomic mass is 15.1. The fourth-order valence-electron chi connectivity index (χ4n) is 4.97. The predicted molar refractivity (Wildman–Crippen MR) is 142 cm³/mol. The first kappa shape index (κ1) is 29.2. The van der Waals surface area contributed by atoms with Crippen LogP contribution in [0.5, 0.6) is 0 Å². The average Bonchev–Trinajstić information content (AvgIpc) is 3.15. The number of hydrogen-bond donors (Lipinski definition) is 0. The zero-order chi connectivity index (χ0) is 23.1. The Labute approximate surface area is 202 Å². The molecule has 188 valence electrons. The summed E-state index contributed by atoms with van der Waals surface area (Å²) in [5.74, 6) is 1.53. The molecule has 0 saturated heterocycles. The van der Waals surface area contributed by atoms with Crippen molar-refractivity contribution in [1.82, 2.24) is 4.57 Å². The van der Waals surface area contributed by atoms with Crippen molar-refractivity contribution < 1.29 is 4.57 Å². The van der Waals surface area contributed by atoms with Crippen LogP contribution in [0.3, 0.4) is 0 Å². The number of aromatic nitrogens is 2. The molecule has 1 aromatic rings. The van der Waals surface area contributed by atoms with Crippen molar-refractivity contribution >= 4 is 0 Å². The van der Waals surface area contributed by atoms with Gasteiger partial charge in [0.1, 0.15) is 12.4 Å². The second kappa shape index (κ2) is 22.0. The lowest BCUT2D eigenvalue weighted by atomic mass is 10.0. The number of nitrogens with zero attached hydrogens (tertiary/aromatic N) is 2. The molecule has 0 bridgehead atoms. The van der Waals surface area contributed by atoms with Gasteiger partial charge in [-0.25, -0.2) is 9.13 Å². The van der Waals surface area contributed by atoms with Crippen LogP contribution < -0.4 is 4.57 Å². The van der Waals surface area contributed by atoms with E-state index in [-0.39, 0.29) is 0 Å². The second-order valence-corrected chi connectivity index (χ2v) is 10.3. The summed E-state index contributed by atoms with van der Waals surface area (Å²) in [5.41, 5.74) is 0. The molecule has 0 aromatic carbocycles. The number of imidazole rings is 1. The molecule has 2 nitrogen and oxygen atoms in total. The van der Waals surface area contributed by atoms with Crippen molar-refractivity contribution in [3.63, 3.8) is 0 Å². The van der Waals surface area contributed by atoms with Crippen LogP contribution in [-0.4, -0.2) is 4.57 Å². The SMILES string of the molecule is CCCCCCCCCCCCCCCc1n(CCCCCCCCCCC)cc[n+]1C. The van der Waals surface area contributed by atoms with Gasteiger partial charge in [-0.3, -0.25) is 0 Å². The van der Waals surface area contributed by atoms with E-state index in [0.717, 1.165) is 0 Å². The lowest BCUT2D eigenvalue weighted by Gasteiger charge is -2.05. The van der Waals surface area contributed by atoms with Gasteiger partial charge in [-0.1, -0.05) is 136 Å². The van der Waals surface area contributed by atoms with Gasteiger partial charge < -0.3 is 0 Å². The fourth-order valence-corrected chi connectivity index (χ4v) is 4.97. The minimum atomic E-state index is 1.21. The molecule has 0 radical (unpaired) electrons. The third kappa shape index (κ3) is 15.9. The monoisotopic (exact) mass is 447 g/mol. The number of aryl methyl sites for hydroxylation is 2. The molecular formula is C30H59N2+. The van der Waals surface area contributed by atoms with E-state index < -0.39 is 0 Å². The number of unbranched alkanes of at least 4 members (excludes halogenated alkanes) is 20. The molecule has 0 saturated carbocycles. The first-order valence-electron chi connectivity index (χ1n) is 14.8. The topological polar surface area (TPSA) is 8.81 Å². The van der Waals surface area contributed by atoms with Crippen LogP contribution in [0.4, 0.5) is 0 Å². The Hall–Kier alpha value is -0.790. The smallest absolute Gasteiger partial charge is 0.237 e. The molecule has 0 N–H and O–H groups in total. The Kier molecular flexibility index (Phi) is 20.1. The molecule has 0 atom stereocenters. The molecule has 1 rings (SSSR count). The van der Waals surface area contributed by atoms with Gasteiger partial charge in [-0.15, -0.1) is 0 Å². The Balaban J connectivity index is 1.98. The molecule has 0 fully saturated rings. The lowest BCUT2D eigenvalue weighted by Crippen LogP contribution is -2.32. The third-order valence-electron chi connectivity index (χ3n) is 7.22. The summed E-state index contributed by atoms with van der Waals surface area (Å²) in [4.78, 5) is 0. The standard InChI is InChI=1S/C30H59N2/c1-4-6-8-10-12-14-15-16-17-18-20-22-24-26-30-31(3)28-29-32(30)27-25-23-21-19-13-11-9-7-5-2/h28-29H,4-27H2,1-3H3/q+1. The second-order valence-electron chi connectivity index (χ2n) is 10.3. The minimum Gasteiger partial charge on any atom is -0.237 e. The van der Waals surface area contributed by atoms with Crippen molar-refractivity contribution in [2.45, 2.75) is 168 Å². The van der Waals surface area contributed by atoms with E-state index in [1.54, 1.807) is 0 Å². The first-order valence-corrected chi connectivity index (χ1v) is 14.8. The summed E-state index contributed by atoms with van der Waals surface area (Å²) in [5, 5.41) is 0. The molecule has 1 heterocycles. The average molecular weight is 448 g/mol. The van der Waals surface area contributed by atoms with Gasteiger partial charge in [-0.2, -0.15) is 0 Å². The van der Waals surface area contributed by atoms with Crippen LogP contribution in [0, 0.1) is 0 Å². The summed E-state index contributed by atoms with van der Waals surface area (Å²) in [6.45, 7) is 5.81. The van der Waals surface area contributed by atoms with E-state index in [1.165, 1.54) is 160 Å². The summed E-state index contributed by atoms with van der Waals surface area (Å²) in [6, 6.07) is 0. The normalized spacial score (nSPS) is 11.5. The van der Waals surface area contributed by atoms with Gasteiger partial charge in [0.2, 0.25) is 0 Å². The highest BCUT2D eigenvalue weighted by Crippen LogP contribution is 2.14. The van der Waals surface area contributed by atoms with E-state index in [4.69, 9.17) is 0 Å². The summed E-state index contributed by atoms with van der Waals surface area (Å²) in [6.07, 6.45) is 37.2. The minimum absolute atomic E-state index is 1.21. The quantitative estimate of drug-likeness (QED) is 0.110. The molecule has 0 amide bonds. The maximum atomic E-state index is 2.53. The van der Waals surface area contributed by atoms with Gasteiger partial charge >= 0.3 is 0 Å². The molecule has 0 aliphatic carbocycles. The predicted octanol–water partition coefficient (Wildman–Crippen LogP) is 9.48. The molecule has 2 heteroatoms. The zero-order valence-corrected chi connectivity index (χ0v) is 22.5. The van der Waals surface area contributed by atoms with Crippen molar-refractivity contribution in [1.29, 1.82) is 0 Å². The van der Waals surface area contributed by atoms with Crippen molar-refractivity contribution in [3.05, 3.63) is 18.2 Å². The largest absolute Gasteiger partial charge is 0.256 e. The van der Waals surface area contributed by atoms with Crippen LogP contribution in [0.1, 0.15) is 161 Å². The number of rotatable bonds is 24. The Morgan fingerprint density at radius 1 is 0.531 bits per heavy atom. The molecule has 32 heavy (non-hydrogen) atoms. The van der Waals surface area contributed by atoms with Crippen LogP contribution in [0.15, 0.2) is 12.4 Å². The van der Waals surface area contributed by atoms with E-state index in [1.807, 2.05) is 0 Å². The van der Waals surface area contributed by atoms with E-state index in [2.05, 4.69) is 42.4 Å². The third-order valence-corrected chi connectivity index (χ3v) is 7.22. The zero-order valence-electron chi connectivity index (χ0n) is 22.5. The fraction of sp³-hybridized carbons (Fsp3) is 0.900. The van der Waals surface area contributed by atoms with Crippen molar-refractivity contribution in [2.24, 2.45) is 7.05 Å². The Morgan fingerprint density at radius 3 is 1.34 bits per heavy atom. The van der Waals surface area contributed by atoms with Crippen LogP contribution in [0.2, 0.25) is 0 Å². The molecular weight excluding hydrogens is 388 g/mol. The van der Waals surface area contributed by atoms with Crippen LogP contribution in [0.25, 0.3) is 0 Å². The van der Waals surface area contributed by atoms with E-state index >= 15 is 0 Å². The van der Waals surface area contributed by atoms with Crippen molar-refractivity contribution in [2.75, 3.05) is 0 Å². The molecule has 0 aliphatic heterocycles. The van der Waals surface area contributed by atoms with Gasteiger partial charge in [0.05, 0.1) is 13.6 Å². The summed E-state index contributed by atoms with van der Waals surface area (Å²) < 4.78 is 4.88. The van der Waals surface area contributed by atoms with Gasteiger partial charge in [-0.05, 0) is 19.3 Å². The van der Waals surface area contributed by atoms with Crippen LogP contribution in [-0.2, 0) is 20.0 Å². The Morgan fingerprint density at radius 2 is 0.906 bits per heavy atom. The molecule has 0 unspecified atom stereocenters. The maximum Gasteiger partial charge on any atom is 0.256 e. The summed E-state index contributed by atoms with van der Waals surface area (Å²) >= 11 is 0. The molecule has 0 spiro atoms. The maximum absolute atomic E-state index is 2.53. The van der Waals surface area contributed by atoms with Crippen LogP contribution >= 0.6 is 0 Å². The van der Waals surface area contributed by atoms with Gasteiger partial charge in [0.25, 0.3) is 5.82 Å². The molecule has 0 aliphatic rings. The van der Waals surface area contributed by atoms with Gasteiger partial charge in [0.15, 0.2) is 0 Å². The highest BCUT2D eigenvalue weighted by Gasteiger charge is 2.13. The van der Waals surface area contributed by atoms with E-state index in [9.17, 15) is 0 Å². The number of hydrogen-bond acceptors (Lipinski definition) is 0. The summed E-state index contributed by atoms with van der Waals surface area (Å²) in [7, 11) is 2.23. The van der Waals surface area contributed by atoms with Gasteiger partial charge in [0, 0.05) is 6.42 Å². The van der Waals surface area contributed by atoms with E-state index in [0.29, 0.717) is 0 Å².